The van der Waals surface area contributed by atoms with E-state index in [1.807, 2.05) is 0 Å². The molecule has 0 saturated heterocycles. The maximum atomic E-state index is 6.24. The number of unbranched alkanes of at least 4 members (excludes halogenated alkanes) is 1. The van der Waals surface area contributed by atoms with E-state index in [9.17, 15) is 0 Å². The van der Waals surface area contributed by atoms with Crippen molar-refractivity contribution in [1.82, 2.24) is 5.32 Å². The van der Waals surface area contributed by atoms with E-state index in [0.29, 0.717) is 0 Å². The van der Waals surface area contributed by atoms with Crippen molar-refractivity contribution >= 4 is 0 Å². The topological polar surface area (TPSA) is 39.7 Å². The van der Waals surface area contributed by atoms with Gasteiger partial charge in [0.25, 0.3) is 0 Å². The van der Waals surface area contributed by atoms with E-state index in [1.165, 1.54) is 24.0 Å². The van der Waals surface area contributed by atoms with Crippen molar-refractivity contribution in [2.75, 3.05) is 33.9 Å². The summed E-state index contributed by atoms with van der Waals surface area (Å²) in [5, 5.41) is 3.52. The van der Waals surface area contributed by atoms with E-state index in [4.69, 9.17) is 14.2 Å². The Kier molecular flexibility index (Phi) is 6.31. The van der Waals surface area contributed by atoms with Crippen LogP contribution in [-0.4, -0.2) is 33.9 Å². The first-order valence-electron chi connectivity index (χ1n) is 8.58. The van der Waals surface area contributed by atoms with Crippen molar-refractivity contribution < 1.29 is 14.2 Å². The highest BCUT2D eigenvalue weighted by Crippen LogP contribution is 2.40. The lowest BCUT2D eigenvalue weighted by Crippen LogP contribution is -2.26. The molecule has 1 aliphatic rings. The molecule has 0 amide bonds. The fraction of sp³-hybridized carbons (Fsp3) is 0.684. The van der Waals surface area contributed by atoms with Crippen LogP contribution in [0.25, 0.3) is 0 Å². The highest BCUT2D eigenvalue weighted by Gasteiger charge is 2.30. The summed E-state index contributed by atoms with van der Waals surface area (Å²) in [5.41, 5.74) is 2.64. The normalized spacial score (nSPS) is 19.8. The SMILES string of the molecule is CCCCNCC1OCC(C)(C)Cc2cc(OC)c(OC)cc21. The minimum atomic E-state index is 0.0587. The highest BCUT2D eigenvalue weighted by atomic mass is 16.5. The van der Waals surface area contributed by atoms with Gasteiger partial charge in [-0.05, 0) is 48.1 Å². The predicted octanol–water partition coefficient (Wildman–Crippen LogP) is 3.73. The number of rotatable bonds is 7. The van der Waals surface area contributed by atoms with Crippen molar-refractivity contribution in [2.24, 2.45) is 5.41 Å². The molecule has 0 radical (unpaired) electrons. The van der Waals surface area contributed by atoms with Crippen LogP contribution in [0.5, 0.6) is 11.5 Å². The second-order valence-electron chi connectivity index (χ2n) is 7.10. The molecule has 0 aromatic heterocycles. The van der Waals surface area contributed by atoms with Gasteiger partial charge >= 0.3 is 0 Å². The lowest BCUT2D eigenvalue weighted by molar-refractivity contribution is 0.0108. The number of hydrogen-bond donors (Lipinski definition) is 1. The maximum absolute atomic E-state index is 6.24. The van der Waals surface area contributed by atoms with Gasteiger partial charge in [0.05, 0.1) is 26.9 Å². The second-order valence-corrected chi connectivity index (χ2v) is 7.10. The Morgan fingerprint density at radius 3 is 2.57 bits per heavy atom. The van der Waals surface area contributed by atoms with Gasteiger partial charge in [-0.1, -0.05) is 27.2 Å². The van der Waals surface area contributed by atoms with Gasteiger partial charge in [-0.3, -0.25) is 0 Å². The first kappa shape index (κ1) is 18.1. The number of fused-ring (bicyclic) bond motifs is 1. The van der Waals surface area contributed by atoms with Crippen LogP contribution >= 0.6 is 0 Å². The summed E-state index contributed by atoms with van der Waals surface area (Å²) < 4.78 is 17.2. The Balaban J connectivity index is 2.29. The van der Waals surface area contributed by atoms with Gasteiger partial charge in [0.2, 0.25) is 0 Å². The van der Waals surface area contributed by atoms with Crippen LogP contribution in [0, 0.1) is 5.41 Å². The predicted molar refractivity (Wildman–Crippen MR) is 93.5 cm³/mol. The van der Waals surface area contributed by atoms with Crippen LogP contribution < -0.4 is 14.8 Å². The van der Waals surface area contributed by atoms with Gasteiger partial charge < -0.3 is 19.5 Å². The van der Waals surface area contributed by atoms with E-state index < -0.39 is 0 Å². The van der Waals surface area contributed by atoms with E-state index in [2.05, 4.69) is 38.2 Å². The Bertz CT molecular complexity index is 514. The van der Waals surface area contributed by atoms with Crippen LogP contribution in [0.15, 0.2) is 12.1 Å². The van der Waals surface area contributed by atoms with Crippen molar-refractivity contribution in [3.63, 3.8) is 0 Å². The van der Waals surface area contributed by atoms with Gasteiger partial charge in [0.1, 0.15) is 0 Å². The summed E-state index contributed by atoms with van der Waals surface area (Å²) in [4.78, 5) is 0. The van der Waals surface area contributed by atoms with Crippen LogP contribution in [0.1, 0.15) is 50.8 Å². The number of hydrogen-bond acceptors (Lipinski definition) is 4. The van der Waals surface area contributed by atoms with Crippen LogP contribution in [0.4, 0.5) is 0 Å². The summed E-state index contributed by atoms with van der Waals surface area (Å²) in [6.45, 7) is 9.33. The molecule has 1 aliphatic heterocycles. The molecular weight excluding hydrogens is 290 g/mol. The van der Waals surface area contributed by atoms with Crippen molar-refractivity contribution in [3.05, 3.63) is 23.3 Å². The third-order valence-corrected chi connectivity index (χ3v) is 4.37. The zero-order valence-electron chi connectivity index (χ0n) is 15.2. The van der Waals surface area contributed by atoms with Gasteiger partial charge in [0, 0.05) is 6.54 Å². The summed E-state index contributed by atoms with van der Waals surface area (Å²) in [6.07, 6.45) is 3.43. The Morgan fingerprint density at radius 1 is 1.22 bits per heavy atom. The first-order valence-corrected chi connectivity index (χ1v) is 8.58. The highest BCUT2D eigenvalue weighted by molar-refractivity contribution is 5.49. The third-order valence-electron chi connectivity index (χ3n) is 4.37. The molecule has 130 valence electrons. The van der Waals surface area contributed by atoms with Crippen molar-refractivity contribution in [2.45, 2.75) is 46.1 Å². The fourth-order valence-corrected chi connectivity index (χ4v) is 3.08. The first-order chi connectivity index (χ1) is 11.0. The van der Waals surface area contributed by atoms with E-state index in [-0.39, 0.29) is 11.5 Å². The Morgan fingerprint density at radius 2 is 1.91 bits per heavy atom. The zero-order chi connectivity index (χ0) is 16.9. The van der Waals surface area contributed by atoms with E-state index in [0.717, 1.165) is 37.6 Å². The molecule has 0 saturated carbocycles. The molecule has 1 aromatic carbocycles. The van der Waals surface area contributed by atoms with Crippen LogP contribution in [0.3, 0.4) is 0 Å². The lowest BCUT2D eigenvalue weighted by Gasteiger charge is -2.22. The number of benzene rings is 1. The molecule has 0 aliphatic carbocycles. The largest absolute Gasteiger partial charge is 0.493 e. The van der Waals surface area contributed by atoms with Gasteiger partial charge in [-0.15, -0.1) is 0 Å². The second kappa shape index (κ2) is 8.02. The molecule has 1 aromatic rings. The molecular formula is C19H31NO3. The monoisotopic (exact) mass is 321 g/mol. The van der Waals surface area contributed by atoms with Crippen LogP contribution in [-0.2, 0) is 11.2 Å². The molecule has 0 fully saturated rings. The standard InChI is InChI=1S/C19H31NO3/c1-6-7-8-20-12-18-15-10-17(22-5)16(21-4)9-14(15)11-19(2,3)13-23-18/h9-10,18,20H,6-8,11-13H2,1-5H3. The zero-order valence-corrected chi connectivity index (χ0v) is 15.2. The number of ether oxygens (including phenoxy) is 3. The molecule has 1 N–H and O–H groups in total. The molecule has 2 rings (SSSR count). The van der Waals surface area contributed by atoms with Crippen LogP contribution in [0.2, 0.25) is 0 Å². The molecule has 23 heavy (non-hydrogen) atoms. The molecule has 1 heterocycles. The molecule has 1 unspecified atom stereocenters. The molecule has 4 heteroatoms. The average Bonchev–Trinajstić information content (AvgIpc) is 2.65. The minimum absolute atomic E-state index is 0.0587. The van der Waals surface area contributed by atoms with Gasteiger partial charge in [0.15, 0.2) is 11.5 Å². The number of nitrogens with one attached hydrogen (secondary N) is 1. The summed E-state index contributed by atoms with van der Waals surface area (Å²) in [6, 6.07) is 4.20. The molecule has 1 atom stereocenters. The van der Waals surface area contributed by atoms with E-state index in [1.54, 1.807) is 14.2 Å². The van der Waals surface area contributed by atoms with E-state index >= 15 is 0 Å². The minimum Gasteiger partial charge on any atom is -0.493 e. The third kappa shape index (κ3) is 4.61. The van der Waals surface area contributed by atoms with Gasteiger partial charge in [-0.2, -0.15) is 0 Å². The molecule has 4 nitrogen and oxygen atoms in total. The maximum Gasteiger partial charge on any atom is 0.161 e. The smallest absolute Gasteiger partial charge is 0.161 e. The summed E-state index contributed by atoms with van der Waals surface area (Å²) in [5.74, 6) is 1.56. The Labute approximate surface area is 140 Å². The number of methoxy groups -OCH3 is 2. The quantitative estimate of drug-likeness (QED) is 0.777. The van der Waals surface area contributed by atoms with Gasteiger partial charge in [-0.25, -0.2) is 0 Å². The lowest BCUT2D eigenvalue weighted by atomic mass is 9.85. The summed E-state index contributed by atoms with van der Waals surface area (Å²) in [7, 11) is 3.37. The molecule has 0 spiro atoms. The van der Waals surface area contributed by atoms with Crippen molar-refractivity contribution in [3.8, 4) is 11.5 Å². The van der Waals surface area contributed by atoms with Crippen molar-refractivity contribution in [1.29, 1.82) is 0 Å². The average molecular weight is 321 g/mol. The fourth-order valence-electron chi connectivity index (χ4n) is 3.08. The Hall–Kier alpha value is -1.26. The summed E-state index contributed by atoms with van der Waals surface area (Å²) >= 11 is 0. The molecule has 0 bridgehead atoms.